The van der Waals surface area contributed by atoms with Crippen LogP contribution in [-0.4, -0.2) is 96.7 Å². The molecule has 19 heteroatoms. The molecule has 0 saturated heterocycles. The van der Waals surface area contributed by atoms with Crippen molar-refractivity contribution in [2.75, 3.05) is 39.6 Å². The Balaban J connectivity index is 5.29. The van der Waals surface area contributed by atoms with E-state index < -0.39 is 97.5 Å². The Kier molecular flexibility index (Phi) is 64.7. The summed E-state index contributed by atoms with van der Waals surface area (Å²) in [6.07, 6.45) is 68.5. The predicted octanol–water partition coefficient (Wildman–Crippen LogP) is 20.4. The second-order valence-electron chi connectivity index (χ2n) is 24.1. The number of ether oxygens (including phenoxy) is 4. The van der Waals surface area contributed by atoms with E-state index in [1.807, 2.05) is 0 Å². The van der Waals surface area contributed by atoms with Gasteiger partial charge in [-0.05, 0) is 128 Å². The zero-order valence-corrected chi connectivity index (χ0v) is 60.7. The number of aliphatic hydroxyl groups is 1. The van der Waals surface area contributed by atoms with Gasteiger partial charge in [-0.3, -0.25) is 37.3 Å². The van der Waals surface area contributed by atoms with Crippen molar-refractivity contribution in [3.05, 3.63) is 97.2 Å². The van der Waals surface area contributed by atoms with Crippen molar-refractivity contribution in [3.63, 3.8) is 0 Å². The molecule has 0 fully saturated rings. The summed E-state index contributed by atoms with van der Waals surface area (Å²) in [6, 6.07) is 0. The molecule has 0 aliphatic heterocycles. The zero-order valence-electron chi connectivity index (χ0n) is 58.9. The lowest BCUT2D eigenvalue weighted by atomic mass is 10.1. The van der Waals surface area contributed by atoms with Crippen molar-refractivity contribution in [1.82, 2.24) is 0 Å². The van der Waals surface area contributed by atoms with E-state index in [2.05, 4.69) is 125 Å². The summed E-state index contributed by atoms with van der Waals surface area (Å²) in [5.41, 5.74) is 0. The smallest absolute Gasteiger partial charge is 0.462 e. The highest BCUT2D eigenvalue weighted by Gasteiger charge is 2.30. The van der Waals surface area contributed by atoms with Gasteiger partial charge in [0.15, 0.2) is 12.2 Å². The molecule has 5 atom stereocenters. The summed E-state index contributed by atoms with van der Waals surface area (Å²) < 4.78 is 68.2. The van der Waals surface area contributed by atoms with Gasteiger partial charge >= 0.3 is 39.5 Å². The third-order valence-corrected chi connectivity index (χ3v) is 16.9. The number of carbonyl (C=O) groups excluding carboxylic acids is 4. The van der Waals surface area contributed by atoms with Crippen LogP contribution in [0.3, 0.4) is 0 Å². The SMILES string of the molecule is CC/C=C\C/C=C\C/C=C\C/C=C\CCCCCCCCC(=O)OCC(COP(=O)(O)OCC(O)COP(=O)(O)OCC(COC(=O)CCCCCCC/C=C\C/C=C\CCC)OC(=O)CCCCCCC/C=C\CCCC)OC(=O)CCCCCCC/C=C\CCCC. The fourth-order valence-electron chi connectivity index (χ4n) is 9.39. The lowest BCUT2D eigenvalue weighted by molar-refractivity contribution is -0.161. The van der Waals surface area contributed by atoms with Gasteiger partial charge in [0.1, 0.15) is 19.3 Å². The molecule has 0 aromatic carbocycles. The molecule has 17 nitrogen and oxygen atoms in total. The topological polar surface area (TPSA) is 237 Å². The summed E-state index contributed by atoms with van der Waals surface area (Å²) in [7, 11) is -9.94. The standard InChI is InChI=1S/C75H130O17P2/c1-5-9-13-17-21-25-29-31-32-33-34-35-36-38-42-44-48-52-56-60-73(78)86-66-71(92-75(80)62-58-54-50-46-40-28-24-20-16-12-8-4)68-90-94(83,84)88-64-69(76)63-87-93(81,82)89-67-70(91-74(79)61-57-53-49-45-39-27-23-19-15-11-7-3)65-85-72(77)59-55-51-47-43-41-37-30-26-22-18-14-10-6-2/h9,13-14,18-21,23-26,30-32,34-35,69-71,76H,5-8,10-12,15-17,22,27-29,33,36-68H2,1-4H3,(H,81,82)(H,83,84)/b13-9-,18-14-,23-19-,24-20-,25-21-,30-26-,32-31-,35-34-. The molecule has 94 heavy (non-hydrogen) atoms. The fourth-order valence-corrected chi connectivity index (χ4v) is 11.0. The largest absolute Gasteiger partial charge is 0.472 e. The van der Waals surface area contributed by atoms with Crippen molar-refractivity contribution in [1.29, 1.82) is 0 Å². The van der Waals surface area contributed by atoms with Crippen LogP contribution in [0.25, 0.3) is 0 Å². The number of esters is 4. The molecule has 0 saturated carbocycles. The highest BCUT2D eigenvalue weighted by molar-refractivity contribution is 7.47. The Hall–Kier alpha value is -4.02. The van der Waals surface area contributed by atoms with Gasteiger partial charge in [0, 0.05) is 25.7 Å². The van der Waals surface area contributed by atoms with Crippen LogP contribution in [0.5, 0.6) is 0 Å². The number of phosphoric ester groups is 2. The number of hydrogen-bond donors (Lipinski definition) is 3. The van der Waals surface area contributed by atoms with Crippen molar-refractivity contribution < 1.29 is 80.2 Å². The first-order valence-electron chi connectivity index (χ1n) is 36.5. The van der Waals surface area contributed by atoms with E-state index >= 15 is 0 Å². The first-order valence-corrected chi connectivity index (χ1v) is 39.5. The van der Waals surface area contributed by atoms with Crippen molar-refractivity contribution in [2.24, 2.45) is 0 Å². The normalized spacial score (nSPS) is 14.6. The first-order chi connectivity index (χ1) is 45.7. The van der Waals surface area contributed by atoms with E-state index in [0.29, 0.717) is 25.7 Å². The Labute approximate surface area is 569 Å². The molecule has 0 bridgehead atoms. The van der Waals surface area contributed by atoms with E-state index in [-0.39, 0.29) is 25.7 Å². The number of unbranched alkanes of at least 4 members (excludes halogenated alkanes) is 26. The molecule has 0 rings (SSSR count). The van der Waals surface area contributed by atoms with Crippen molar-refractivity contribution >= 4 is 39.5 Å². The minimum atomic E-state index is -4.97. The van der Waals surface area contributed by atoms with Gasteiger partial charge in [0.25, 0.3) is 0 Å². The number of aliphatic hydroxyl groups excluding tert-OH is 1. The molecule has 0 heterocycles. The van der Waals surface area contributed by atoms with Crippen LogP contribution in [0.4, 0.5) is 0 Å². The fraction of sp³-hybridized carbons (Fsp3) is 0.733. The number of allylic oxidation sites excluding steroid dienone is 16. The molecular weight excluding hydrogens is 1230 g/mol. The minimum absolute atomic E-state index is 0.0805. The van der Waals surface area contributed by atoms with Crippen LogP contribution in [-0.2, 0) is 65.4 Å². The van der Waals surface area contributed by atoms with E-state index in [4.69, 9.17) is 37.0 Å². The van der Waals surface area contributed by atoms with Crippen LogP contribution in [0.1, 0.15) is 297 Å². The van der Waals surface area contributed by atoms with Crippen LogP contribution >= 0.6 is 15.6 Å². The van der Waals surface area contributed by atoms with Crippen LogP contribution in [0.15, 0.2) is 97.2 Å². The third kappa shape index (κ3) is 66.6. The van der Waals surface area contributed by atoms with Crippen LogP contribution < -0.4 is 0 Å². The number of carbonyl (C=O) groups is 4. The third-order valence-electron chi connectivity index (χ3n) is 15.0. The zero-order chi connectivity index (χ0) is 69.0. The molecule has 0 radical (unpaired) electrons. The molecule has 0 aliphatic carbocycles. The lowest BCUT2D eigenvalue weighted by Gasteiger charge is -2.21. The van der Waals surface area contributed by atoms with Gasteiger partial charge in [0.2, 0.25) is 0 Å². The molecule has 0 spiro atoms. The number of rotatable bonds is 68. The maximum absolute atomic E-state index is 13.0. The van der Waals surface area contributed by atoms with E-state index in [1.54, 1.807) is 0 Å². The number of phosphoric acid groups is 2. The molecule has 3 N–H and O–H groups in total. The van der Waals surface area contributed by atoms with Gasteiger partial charge in [-0.15, -0.1) is 0 Å². The molecular formula is C75H130O17P2. The minimum Gasteiger partial charge on any atom is -0.462 e. The second kappa shape index (κ2) is 67.5. The van der Waals surface area contributed by atoms with Crippen LogP contribution in [0, 0.1) is 0 Å². The summed E-state index contributed by atoms with van der Waals surface area (Å²) in [4.78, 5) is 72.6. The van der Waals surface area contributed by atoms with E-state index in [9.17, 15) is 43.2 Å². The monoisotopic (exact) mass is 1360 g/mol. The Morgan fingerprint density at radius 2 is 0.574 bits per heavy atom. The maximum atomic E-state index is 13.0. The molecule has 542 valence electrons. The van der Waals surface area contributed by atoms with Crippen LogP contribution in [0.2, 0.25) is 0 Å². The molecule has 5 unspecified atom stereocenters. The second-order valence-corrected chi connectivity index (χ2v) is 27.0. The highest BCUT2D eigenvalue weighted by atomic mass is 31.2. The first kappa shape index (κ1) is 90.0. The molecule has 0 aliphatic rings. The van der Waals surface area contributed by atoms with Gasteiger partial charge in [-0.1, -0.05) is 240 Å². The average molecular weight is 1370 g/mol. The van der Waals surface area contributed by atoms with Crippen molar-refractivity contribution in [2.45, 2.75) is 316 Å². The summed E-state index contributed by atoms with van der Waals surface area (Å²) in [6.45, 7) is 4.56. The van der Waals surface area contributed by atoms with E-state index in [0.717, 1.165) is 193 Å². The molecule has 0 aromatic heterocycles. The van der Waals surface area contributed by atoms with Gasteiger partial charge in [-0.25, -0.2) is 9.13 Å². The predicted molar refractivity (Wildman–Crippen MR) is 381 cm³/mol. The summed E-state index contributed by atoms with van der Waals surface area (Å²) in [5, 5.41) is 10.6. The van der Waals surface area contributed by atoms with Gasteiger partial charge in [0.05, 0.1) is 26.4 Å². The van der Waals surface area contributed by atoms with Gasteiger partial charge < -0.3 is 33.8 Å². The average Bonchev–Trinajstić information content (AvgIpc) is 1.24. The summed E-state index contributed by atoms with van der Waals surface area (Å²) >= 11 is 0. The molecule has 0 amide bonds. The quantitative estimate of drug-likeness (QED) is 0.0169. The van der Waals surface area contributed by atoms with Crippen molar-refractivity contribution in [3.8, 4) is 0 Å². The Morgan fingerprint density at radius 3 is 0.904 bits per heavy atom. The lowest BCUT2D eigenvalue weighted by Crippen LogP contribution is -2.30. The Morgan fingerprint density at radius 1 is 0.309 bits per heavy atom. The number of hydrogen-bond acceptors (Lipinski definition) is 15. The molecule has 0 aromatic rings. The highest BCUT2D eigenvalue weighted by Crippen LogP contribution is 2.45. The summed E-state index contributed by atoms with van der Waals surface area (Å²) in [5.74, 6) is -2.22. The van der Waals surface area contributed by atoms with E-state index in [1.165, 1.54) is 25.7 Å². The van der Waals surface area contributed by atoms with Gasteiger partial charge in [-0.2, -0.15) is 0 Å². The Bertz CT molecular complexity index is 2170. The maximum Gasteiger partial charge on any atom is 0.472 e.